The fourth-order valence-electron chi connectivity index (χ4n) is 9.27. The summed E-state index contributed by atoms with van der Waals surface area (Å²) in [5.74, 6) is -0.626. The van der Waals surface area contributed by atoms with E-state index in [1.807, 2.05) is 0 Å². The third kappa shape index (κ3) is 66.5. The molecule has 0 saturated heterocycles. The van der Waals surface area contributed by atoms with Crippen LogP contribution in [0.3, 0.4) is 0 Å². The first-order chi connectivity index (χ1) is 39.1. The van der Waals surface area contributed by atoms with Crippen molar-refractivity contribution < 1.29 is 24.2 Å². The fraction of sp³-hybridized carbons (Fsp3) is 0.676. The van der Waals surface area contributed by atoms with Gasteiger partial charge < -0.3 is 14.6 Å². The first-order valence-corrected chi connectivity index (χ1v) is 33.2. The van der Waals surface area contributed by atoms with Crippen LogP contribution in [-0.4, -0.2) is 36.4 Å². The molecule has 0 rings (SSSR count). The van der Waals surface area contributed by atoms with Crippen molar-refractivity contribution in [1.29, 1.82) is 0 Å². The van der Waals surface area contributed by atoms with Crippen molar-refractivity contribution in [1.82, 2.24) is 0 Å². The zero-order valence-corrected chi connectivity index (χ0v) is 51.6. The summed E-state index contributed by atoms with van der Waals surface area (Å²) in [7, 11) is 0. The van der Waals surface area contributed by atoms with Gasteiger partial charge in [-0.25, -0.2) is 0 Å². The molecule has 0 amide bonds. The lowest BCUT2D eigenvalue weighted by Gasteiger charge is -2.15. The summed E-state index contributed by atoms with van der Waals surface area (Å²) in [6.07, 6.45) is 102. The van der Waals surface area contributed by atoms with Gasteiger partial charge in [0.2, 0.25) is 0 Å². The molecule has 5 nitrogen and oxygen atoms in total. The van der Waals surface area contributed by atoms with Gasteiger partial charge in [-0.3, -0.25) is 9.59 Å². The zero-order chi connectivity index (χ0) is 56.9. The minimum atomic E-state index is -0.799. The maximum Gasteiger partial charge on any atom is 0.306 e. The normalized spacial score (nSPS) is 13.1. The van der Waals surface area contributed by atoms with E-state index in [2.05, 4.69) is 148 Å². The number of ether oxygens (including phenoxy) is 2. The molecule has 1 unspecified atom stereocenters. The Bertz CT molecular complexity index is 1620. The number of esters is 2. The molecule has 0 saturated carbocycles. The van der Waals surface area contributed by atoms with E-state index in [1.165, 1.54) is 161 Å². The number of rotatable bonds is 60. The Morgan fingerprint density at radius 3 is 0.823 bits per heavy atom. The second-order valence-electron chi connectivity index (χ2n) is 21.8. The Labute approximate surface area is 489 Å². The van der Waals surface area contributed by atoms with Crippen LogP contribution in [-0.2, 0) is 19.1 Å². The number of unbranched alkanes of at least 4 members (excludes halogenated alkanes) is 30. The van der Waals surface area contributed by atoms with Gasteiger partial charge in [-0.15, -0.1) is 0 Å². The van der Waals surface area contributed by atoms with Crippen molar-refractivity contribution in [3.05, 3.63) is 134 Å². The van der Waals surface area contributed by atoms with Crippen molar-refractivity contribution in [3.63, 3.8) is 0 Å². The van der Waals surface area contributed by atoms with Crippen LogP contribution >= 0.6 is 0 Å². The van der Waals surface area contributed by atoms with Crippen LogP contribution in [0.25, 0.3) is 0 Å². The zero-order valence-electron chi connectivity index (χ0n) is 51.6. The first kappa shape index (κ1) is 75.0. The van der Waals surface area contributed by atoms with E-state index < -0.39 is 6.10 Å². The van der Waals surface area contributed by atoms with Gasteiger partial charge in [0.05, 0.1) is 6.61 Å². The molecule has 79 heavy (non-hydrogen) atoms. The topological polar surface area (TPSA) is 72.8 Å². The van der Waals surface area contributed by atoms with Crippen LogP contribution in [0.15, 0.2) is 134 Å². The SMILES string of the molecule is CC/C=C\C/C=C\C/C=C\C/C=C\C/C=C\C/C=C\C/C=C\C/C=C\C/C=C\C/C=C\C/C=C\CCCCCC(=O)OC(CO)COC(=O)CCCCCCCCCCCCCCCCCCCCCCCCCCCCCC. The molecule has 0 aromatic heterocycles. The number of hydrogen-bond acceptors (Lipinski definition) is 5. The van der Waals surface area contributed by atoms with E-state index in [9.17, 15) is 14.7 Å². The number of carbonyl (C=O) groups is 2. The lowest BCUT2D eigenvalue weighted by Crippen LogP contribution is -2.28. The van der Waals surface area contributed by atoms with Gasteiger partial charge in [0.25, 0.3) is 0 Å². The van der Waals surface area contributed by atoms with Gasteiger partial charge in [0.1, 0.15) is 6.61 Å². The molecule has 0 heterocycles. The maximum absolute atomic E-state index is 12.3. The van der Waals surface area contributed by atoms with Gasteiger partial charge in [-0.2, -0.15) is 0 Å². The Morgan fingerprint density at radius 2 is 0.544 bits per heavy atom. The van der Waals surface area contributed by atoms with E-state index in [0.717, 1.165) is 116 Å². The molecule has 0 aromatic carbocycles. The highest BCUT2D eigenvalue weighted by molar-refractivity contribution is 5.70. The first-order valence-electron chi connectivity index (χ1n) is 33.2. The molecule has 5 heteroatoms. The molecule has 450 valence electrons. The molecule has 0 aliphatic rings. The monoisotopic (exact) mass is 1090 g/mol. The molecule has 0 spiro atoms. The van der Waals surface area contributed by atoms with E-state index in [0.29, 0.717) is 12.8 Å². The van der Waals surface area contributed by atoms with Gasteiger partial charge in [-0.1, -0.05) is 327 Å². The molecular weight excluding hydrogens is 969 g/mol. The quantitative estimate of drug-likeness (QED) is 0.0373. The smallest absolute Gasteiger partial charge is 0.306 e. The number of carbonyl (C=O) groups excluding carboxylic acids is 2. The van der Waals surface area contributed by atoms with Crippen molar-refractivity contribution in [2.45, 2.75) is 309 Å². The van der Waals surface area contributed by atoms with Gasteiger partial charge in [-0.05, 0) is 96.3 Å². The predicted octanol–water partition coefficient (Wildman–Crippen LogP) is 23.1. The van der Waals surface area contributed by atoms with Gasteiger partial charge in [0.15, 0.2) is 6.10 Å². The molecule has 0 aliphatic heterocycles. The van der Waals surface area contributed by atoms with Crippen LogP contribution in [0.4, 0.5) is 0 Å². The summed E-state index contributed by atoms with van der Waals surface area (Å²) < 4.78 is 10.7. The number of allylic oxidation sites excluding steroid dienone is 22. The Kier molecular flexibility index (Phi) is 64.9. The predicted molar refractivity (Wildman–Crippen MR) is 348 cm³/mol. The lowest BCUT2D eigenvalue weighted by molar-refractivity contribution is -0.161. The van der Waals surface area contributed by atoms with E-state index in [4.69, 9.17) is 9.47 Å². The van der Waals surface area contributed by atoms with Crippen LogP contribution in [0.1, 0.15) is 303 Å². The molecule has 0 fully saturated rings. The van der Waals surface area contributed by atoms with Crippen LogP contribution in [0, 0.1) is 0 Å². The summed E-state index contributed by atoms with van der Waals surface area (Å²) in [6.45, 7) is 4.03. The largest absolute Gasteiger partial charge is 0.462 e. The third-order valence-corrected chi connectivity index (χ3v) is 14.2. The molecule has 0 radical (unpaired) electrons. The van der Waals surface area contributed by atoms with Crippen molar-refractivity contribution >= 4 is 11.9 Å². The minimum absolute atomic E-state index is 0.0841. The van der Waals surface area contributed by atoms with Crippen molar-refractivity contribution in [3.8, 4) is 0 Å². The Balaban J connectivity index is 3.59. The van der Waals surface area contributed by atoms with E-state index in [-0.39, 0.29) is 25.2 Å². The molecule has 0 aromatic rings. The van der Waals surface area contributed by atoms with Crippen LogP contribution in [0.2, 0.25) is 0 Å². The fourth-order valence-corrected chi connectivity index (χ4v) is 9.27. The highest BCUT2D eigenvalue weighted by atomic mass is 16.6. The summed E-state index contributed by atoms with van der Waals surface area (Å²) in [6, 6.07) is 0. The third-order valence-electron chi connectivity index (χ3n) is 14.2. The second kappa shape index (κ2) is 68.3. The standard InChI is InChI=1S/C74H124O5/c1-3-5-7-9-11-13-15-17-19-21-23-25-27-29-31-33-34-35-36-37-38-39-40-41-43-45-47-49-51-53-55-57-59-61-63-65-67-69-74(77)79-72(70-75)71-78-73(76)68-66-64-62-60-58-56-54-52-50-48-46-44-42-32-30-28-26-24-22-20-18-16-14-12-10-8-6-4-2/h5,7,11,13,17,19,23,25,29,31,34-35,37-38,40-41,45,47,51,53,57,59,72,75H,3-4,6,8-10,12,14-16,18,20-22,24,26-28,30,32-33,36,39,42-44,46,48-50,52,54-56,58,60-71H2,1-2H3/b7-5-,13-11-,19-17-,25-23-,31-29-,35-34-,38-37-,41-40-,47-45-,53-51-,59-57-. The minimum Gasteiger partial charge on any atom is -0.462 e. The summed E-state index contributed by atoms with van der Waals surface area (Å²) in [5.41, 5.74) is 0. The number of aliphatic hydroxyl groups is 1. The van der Waals surface area contributed by atoms with Crippen molar-refractivity contribution in [2.24, 2.45) is 0 Å². The van der Waals surface area contributed by atoms with E-state index in [1.54, 1.807) is 0 Å². The number of hydrogen-bond donors (Lipinski definition) is 1. The van der Waals surface area contributed by atoms with Crippen molar-refractivity contribution in [2.75, 3.05) is 13.2 Å². The average Bonchev–Trinajstić information content (AvgIpc) is 3.45. The summed E-state index contributed by atoms with van der Waals surface area (Å²) in [5, 5.41) is 9.68. The van der Waals surface area contributed by atoms with Gasteiger partial charge in [0, 0.05) is 12.8 Å². The summed E-state index contributed by atoms with van der Waals surface area (Å²) >= 11 is 0. The molecular formula is C74H124O5. The van der Waals surface area contributed by atoms with Crippen LogP contribution in [0.5, 0.6) is 0 Å². The summed E-state index contributed by atoms with van der Waals surface area (Å²) in [4.78, 5) is 24.6. The molecule has 0 bridgehead atoms. The van der Waals surface area contributed by atoms with Crippen LogP contribution < -0.4 is 0 Å². The van der Waals surface area contributed by atoms with Gasteiger partial charge >= 0.3 is 11.9 Å². The van der Waals surface area contributed by atoms with E-state index >= 15 is 0 Å². The highest BCUT2D eigenvalue weighted by Gasteiger charge is 2.16. The highest BCUT2D eigenvalue weighted by Crippen LogP contribution is 2.17. The molecule has 0 aliphatic carbocycles. The molecule has 1 atom stereocenters. The Hall–Kier alpha value is -3.96. The lowest BCUT2D eigenvalue weighted by atomic mass is 10.0. The number of aliphatic hydroxyl groups excluding tert-OH is 1. The second-order valence-corrected chi connectivity index (χ2v) is 21.8. The molecule has 1 N–H and O–H groups in total. The maximum atomic E-state index is 12.3. The average molecular weight is 1090 g/mol. The Morgan fingerprint density at radius 1 is 0.304 bits per heavy atom.